The van der Waals surface area contributed by atoms with Crippen molar-refractivity contribution in [2.75, 3.05) is 18.4 Å². The Morgan fingerprint density at radius 2 is 2.06 bits per heavy atom. The van der Waals surface area contributed by atoms with Crippen LogP contribution < -0.4 is 0 Å². The van der Waals surface area contributed by atoms with Crippen LogP contribution in [0.5, 0.6) is 0 Å². The second-order valence-electron chi connectivity index (χ2n) is 4.45. The number of benzene rings is 1. The molecule has 0 spiro atoms. The van der Waals surface area contributed by atoms with E-state index in [9.17, 15) is 4.79 Å². The minimum Gasteiger partial charge on any atom is -0.339 e. The van der Waals surface area contributed by atoms with Crippen LogP contribution in [0.1, 0.15) is 35.2 Å². The molecule has 0 saturated heterocycles. The van der Waals surface area contributed by atoms with Crippen molar-refractivity contribution in [3.05, 3.63) is 35.4 Å². The lowest BCUT2D eigenvalue weighted by Gasteiger charge is -2.20. The fraction of sp³-hybridized carbons (Fsp3) is 0.500. The molecule has 0 atom stereocenters. The van der Waals surface area contributed by atoms with Crippen LogP contribution in [-0.4, -0.2) is 29.2 Å². The molecule has 0 fully saturated rings. The summed E-state index contributed by atoms with van der Waals surface area (Å²) in [6, 6.07) is 8.01. The van der Waals surface area contributed by atoms with Gasteiger partial charge >= 0.3 is 0 Å². The quantitative estimate of drug-likeness (QED) is 0.617. The van der Waals surface area contributed by atoms with E-state index in [1.54, 1.807) is 0 Å². The summed E-state index contributed by atoms with van der Waals surface area (Å²) in [6.45, 7) is 1.79. The van der Waals surface area contributed by atoms with Crippen LogP contribution in [0.4, 0.5) is 0 Å². The largest absolute Gasteiger partial charge is 0.339 e. The number of halogens is 1. The molecular formula is C14H18BrNO. The number of aryl methyl sites for hydroxylation is 1. The first-order valence-electron chi connectivity index (χ1n) is 6.26. The smallest absolute Gasteiger partial charge is 0.254 e. The lowest BCUT2D eigenvalue weighted by Crippen LogP contribution is -2.31. The van der Waals surface area contributed by atoms with Gasteiger partial charge in [0.1, 0.15) is 0 Å². The number of rotatable bonds is 4. The Hall–Kier alpha value is -0.830. The van der Waals surface area contributed by atoms with Crippen molar-refractivity contribution >= 4 is 21.8 Å². The Morgan fingerprint density at radius 1 is 1.24 bits per heavy atom. The highest BCUT2D eigenvalue weighted by atomic mass is 79.9. The van der Waals surface area contributed by atoms with Gasteiger partial charge in [0.05, 0.1) is 0 Å². The van der Waals surface area contributed by atoms with Gasteiger partial charge in [-0.15, -0.1) is 0 Å². The van der Waals surface area contributed by atoms with E-state index in [1.165, 1.54) is 5.56 Å². The maximum absolute atomic E-state index is 12.3. The molecule has 0 aliphatic carbocycles. The zero-order chi connectivity index (χ0) is 12.1. The molecule has 0 bridgehead atoms. The third-order valence-electron chi connectivity index (χ3n) is 3.22. The molecule has 1 aliphatic heterocycles. The fourth-order valence-electron chi connectivity index (χ4n) is 2.29. The van der Waals surface area contributed by atoms with Gasteiger partial charge in [0, 0.05) is 24.0 Å². The second-order valence-corrected chi connectivity index (χ2v) is 5.24. The van der Waals surface area contributed by atoms with Crippen molar-refractivity contribution < 1.29 is 4.79 Å². The number of hydrogen-bond donors (Lipinski definition) is 0. The molecule has 1 aromatic rings. The van der Waals surface area contributed by atoms with E-state index < -0.39 is 0 Å². The molecule has 0 unspecified atom stereocenters. The van der Waals surface area contributed by atoms with E-state index in [-0.39, 0.29) is 5.91 Å². The third-order valence-corrected chi connectivity index (χ3v) is 3.78. The van der Waals surface area contributed by atoms with Crippen molar-refractivity contribution in [2.24, 2.45) is 0 Å². The number of amides is 1. The predicted octanol–water partition coefficient (Wildman–Crippen LogP) is 3.25. The molecule has 0 saturated carbocycles. The van der Waals surface area contributed by atoms with Gasteiger partial charge in [-0.05, 0) is 37.3 Å². The zero-order valence-electron chi connectivity index (χ0n) is 9.99. The number of carbonyl (C=O) groups is 1. The van der Waals surface area contributed by atoms with Gasteiger partial charge in [0.15, 0.2) is 0 Å². The highest BCUT2D eigenvalue weighted by Gasteiger charge is 2.21. The molecule has 0 N–H and O–H groups in total. The van der Waals surface area contributed by atoms with Crippen LogP contribution >= 0.6 is 15.9 Å². The standard InChI is InChI=1S/C14H18BrNO/c15-9-3-4-10-16-11-5-7-12-6-1-2-8-13(12)14(16)17/h1-2,6,8H,3-5,7,9-11H2. The van der Waals surface area contributed by atoms with Gasteiger partial charge < -0.3 is 4.90 Å². The Morgan fingerprint density at radius 3 is 2.88 bits per heavy atom. The topological polar surface area (TPSA) is 20.3 Å². The monoisotopic (exact) mass is 295 g/mol. The maximum atomic E-state index is 12.3. The van der Waals surface area contributed by atoms with E-state index >= 15 is 0 Å². The van der Waals surface area contributed by atoms with E-state index in [0.717, 1.165) is 49.7 Å². The molecule has 3 heteroatoms. The molecule has 92 valence electrons. The average molecular weight is 296 g/mol. The Labute approximate surface area is 111 Å². The summed E-state index contributed by atoms with van der Waals surface area (Å²) >= 11 is 3.43. The summed E-state index contributed by atoms with van der Waals surface area (Å²) in [5.74, 6) is 0.215. The predicted molar refractivity (Wildman–Crippen MR) is 73.7 cm³/mol. The summed E-state index contributed by atoms with van der Waals surface area (Å²) in [7, 11) is 0. The molecule has 0 aromatic heterocycles. The molecule has 1 aliphatic rings. The third kappa shape index (κ3) is 3.09. The van der Waals surface area contributed by atoms with Gasteiger partial charge in [0.25, 0.3) is 5.91 Å². The fourth-order valence-corrected chi connectivity index (χ4v) is 2.69. The van der Waals surface area contributed by atoms with Crippen molar-refractivity contribution in [1.29, 1.82) is 0 Å². The van der Waals surface area contributed by atoms with Crippen LogP contribution in [-0.2, 0) is 6.42 Å². The molecule has 2 rings (SSSR count). The lowest BCUT2D eigenvalue weighted by molar-refractivity contribution is 0.0759. The number of unbranched alkanes of at least 4 members (excludes halogenated alkanes) is 1. The van der Waals surface area contributed by atoms with E-state index in [1.807, 2.05) is 23.1 Å². The lowest BCUT2D eigenvalue weighted by atomic mass is 10.0. The first-order valence-corrected chi connectivity index (χ1v) is 7.38. The van der Waals surface area contributed by atoms with E-state index in [4.69, 9.17) is 0 Å². The van der Waals surface area contributed by atoms with Crippen LogP contribution in [0.2, 0.25) is 0 Å². The molecule has 1 amide bonds. The normalized spacial score (nSPS) is 15.6. The zero-order valence-corrected chi connectivity index (χ0v) is 11.6. The van der Waals surface area contributed by atoms with E-state index in [2.05, 4.69) is 22.0 Å². The van der Waals surface area contributed by atoms with Gasteiger partial charge in [-0.1, -0.05) is 34.1 Å². The van der Waals surface area contributed by atoms with Crippen molar-refractivity contribution in [3.8, 4) is 0 Å². The first-order chi connectivity index (χ1) is 8.33. The Bertz CT molecular complexity index is 392. The van der Waals surface area contributed by atoms with Crippen LogP contribution in [0.3, 0.4) is 0 Å². The summed E-state index contributed by atoms with van der Waals surface area (Å²) < 4.78 is 0. The SMILES string of the molecule is O=C1c2ccccc2CCCN1CCCCBr. The number of alkyl halides is 1. The molecule has 0 radical (unpaired) electrons. The van der Waals surface area contributed by atoms with Crippen LogP contribution in [0.25, 0.3) is 0 Å². The molecule has 1 aromatic carbocycles. The van der Waals surface area contributed by atoms with Gasteiger partial charge in [0.2, 0.25) is 0 Å². The minimum atomic E-state index is 0.215. The van der Waals surface area contributed by atoms with Crippen LogP contribution in [0, 0.1) is 0 Å². The van der Waals surface area contributed by atoms with Gasteiger partial charge in [-0.25, -0.2) is 0 Å². The maximum Gasteiger partial charge on any atom is 0.254 e. The molecular weight excluding hydrogens is 278 g/mol. The summed E-state index contributed by atoms with van der Waals surface area (Å²) in [4.78, 5) is 14.4. The number of fused-ring (bicyclic) bond motifs is 1. The molecule has 17 heavy (non-hydrogen) atoms. The summed E-state index contributed by atoms with van der Waals surface area (Å²) in [6.07, 6.45) is 4.32. The Balaban J connectivity index is 2.09. The highest BCUT2D eigenvalue weighted by Crippen LogP contribution is 2.18. The minimum absolute atomic E-state index is 0.215. The average Bonchev–Trinajstić information content (AvgIpc) is 2.51. The first kappa shape index (κ1) is 12.6. The second kappa shape index (κ2) is 6.20. The molecule has 1 heterocycles. The van der Waals surface area contributed by atoms with Gasteiger partial charge in [-0.2, -0.15) is 0 Å². The van der Waals surface area contributed by atoms with Gasteiger partial charge in [-0.3, -0.25) is 4.79 Å². The summed E-state index contributed by atoms with van der Waals surface area (Å²) in [5.41, 5.74) is 2.12. The summed E-state index contributed by atoms with van der Waals surface area (Å²) in [5, 5.41) is 1.02. The number of carbonyl (C=O) groups excluding carboxylic acids is 1. The highest BCUT2D eigenvalue weighted by molar-refractivity contribution is 9.09. The number of hydrogen-bond acceptors (Lipinski definition) is 1. The number of nitrogens with zero attached hydrogens (tertiary/aromatic N) is 1. The van der Waals surface area contributed by atoms with Crippen molar-refractivity contribution in [1.82, 2.24) is 4.90 Å². The molecule has 2 nitrogen and oxygen atoms in total. The van der Waals surface area contributed by atoms with Crippen molar-refractivity contribution in [2.45, 2.75) is 25.7 Å². The van der Waals surface area contributed by atoms with E-state index in [0.29, 0.717) is 0 Å². The Kier molecular flexibility index (Phi) is 4.60. The van der Waals surface area contributed by atoms with Crippen LogP contribution in [0.15, 0.2) is 24.3 Å². The van der Waals surface area contributed by atoms with Crippen molar-refractivity contribution in [3.63, 3.8) is 0 Å².